The number of ether oxygens (including phenoxy) is 1. The molecule has 14 heavy (non-hydrogen) atoms. The molecule has 1 heterocycles. The second-order valence-electron chi connectivity index (χ2n) is 5.34. The molecule has 0 aromatic rings. The summed E-state index contributed by atoms with van der Waals surface area (Å²) in [5.41, 5.74) is 1.59. The Balaban J connectivity index is 2.42. The summed E-state index contributed by atoms with van der Waals surface area (Å²) in [6.07, 6.45) is 9.40. The summed E-state index contributed by atoms with van der Waals surface area (Å²) in [4.78, 5) is 0. The van der Waals surface area contributed by atoms with Gasteiger partial charge in [0.05, 0.1) is 11.7 Å². The van der Waals surface area contributed by atoms with Gasteiger partial charge in [-0.05, 0) is 32.3 Å². The fourth-order valence-electron chi connectivity index (χ4n) is 2.83. The molecule has 0 aromatic carbocycles. The number of fused-ring (bicyclic) bond motifs is 1. The molecule has 0 fully saturated rings. The first kappa shape index (κ1) is 9.97. The maximum Gasteiger partial charge on any atom is 0.0909 e. The van der Waals surface area contributed by atoms with E-state index in [-0.39, 0.29) is 11.0 Å². The predicted octanol–water partition coefficient (Wildman–Crippen LogP) is 3.47. The van der Waals surface area contributed by atoms with Gasteiger partial charge >= 0.3 is 0 Å². The third-order valence-corrected chi connectivity index (χ3v) is 3.42. The van der Waals surface area contributed by atoms with Crippen molar-refractivity contribution in [2.75, 3.05) is 0 Å². The molecule has 2 rings (SSSR count). The van der Waals surface area contributed by atoms with E-state index >= 15 is 0 Å². The summed E-state index contributed by atoms with van der Waals surface area (Å²) in [6.45, 7) is 8.92. The Morgan fingerprint density at radius 3 is 2.79 bits per heavy atom. The lowest BCUT2D eigenvalue weighted by Gasteiger charge is -2.46. The highest BCUT2D eigenvalue weighted by Gasteiger charge is 2.42. The molecule has 0 spiro atoms. The van der Waals surface area contributed by atoms with Gasteiger partial charge in [-0.1, -0.05) is 32.1 Å². The summed E-state index contributed by atoms with van der Waals surface area (Å²) >= 11 is 0. The van der Waals surface area contributed by atoms with Crippen LogP contribution in [0, 0.1) is 5.41 Å². The fourth-order valence-corrected chi connectivity index (χ4v) is 2.83. The van der Waals surface area contributed by atoms with E-state index in [0.717, 1.165) is 12.8 Å². The topological polar surface area (TPSA) is 9.23 Å². The van der Waals surface area contributed by atoms with Crippen LogP contribution in [0.5, 0.6) is 0 Å². The first-order valence-corrected chi connectivity index (χ1v) is 5.51. The predicted molar refractivity (Wildman–Crippen MR) is 59.2 cm³/mol. The van der Waals surface area contributed by atoms with Gasteiger partial charge in [-0.15, -0.1) is 0 Å². The van der Waals surface area contributed by atoms with Gasteiger partial charge in [-0.25, -0.2) is 0 Å². The zero-order valence-electron chi connectivity index (χ0n) is 9.63. The van der Waals surface area contributed by atoms with E-state index in [1.807, 2.05) is 0 Å². The van der Waals surface area contributed by atoms with Crippen molar-refractivity contribution in [3.05, 3.63) is 23.8 Å². The van der Waals surface area contributed by atoms with E-state index < -0.39 is 0 Å². The molecule has 1 heteroatoms. The summed E-state index contributed by atoms with van der Waals surface area (Å²) in [6, 6.07) is 0. The normalized spacial score (nSPS) is 40.3. The molecule has 0 radical (unpaired) electrons. The summed E-state index contributed by atoms with van der Waals surface area (Å²) in [7, 11) is 0. The molecule has 78 valence electrons. The first-order chi connectivity index (χ1) is 6.44. The molecule has 0 aromatic heterocycles. The standard InChI is InChI=1S/C13H20O/c1-10-6-7-11-12(2,3)8-5-9-13(11,4)14-10/h5,7-8,10H,6,9H2,1-4H3/t10-,13-/m1/s1. The molecule has 2 aliphatic rings. The van der Waals surface area contributed by atoms with Crippen LogP contribution in [0.1, 0.15) is 40.5 Å². The van der Waals surface area contributed by atoms with Crippen molar-refractivity contribution in [3.63, 3.8) is 0 Å². The van der Waals surface area contributed by atoms with Crippen molar-refractivity contribution in [2.45, 2.75) is 52.2 Å². The van der Waals surface area contributed by atoms with E-state index in [4.69, 9.17) is 4.74 Å². The second-order valence-corrected chi connectivity index (χ2v) is 5.34. The largest absolute Gasteiger partial charge is 0.367 e. The smallest absolute Gasteiger partial charge is 0.0909 e. The lowest BCUT2D eigenvalue weighted by molar-refractivity contribution is -0.0684. The molecule has 0 amide bonds. The molecule has 2 atom stereocenters. The molecule has 1 nitrogen and oxygen atoms in total. The van der Waals surface area contributed by atoms with Gasteiger partial charge in [0.1, 0.15) is 0 Å². The third kappa shape index (κ3) is 1.44. The van der Waals surface area contributed by atoms with Gasteiger partial charge in [0, 0.05) is 5.41 Å². The quantitative estimate of drug-likeness (QED) is 0.534. The van der Waals surface area contributed by atoms with Crippen LogP contribution in [0.4, 0.5) is 0 Å². The Morgan fingerprint density at radius 1 is 1.36 bits per heavy atom. The van der Waals surface area contributed by atoms with Gasteiger partial charge in [0.25, 0.3) is 0 Å². The monoisotopic (exact) mass is 192 g/mol. The highest BCUT2D eigenvalue weighted by atomic mass is 16.5. The molecule has 0 saturated carbocycles. The molecule has 0 bridgehead atoms. The van der Waals surface area contributed by atoms with Crippen molar-refractivity contribution >= 4 is 0 Å². The number of hydrogen-bond donors (Lipinski definition) is 0. The number of hydrogen-bond acceptors (Lipinski definition) is 1. The van der Waals surface area contributed by atoms with Crippen LogP contribution in [-0.4, -0.2) is 11.7 Å². The molecule has 1 aliphatic carbocycles. The van der Waals surface area contributed by atoms with Gasteiger partial charge < -0.3 is 4.74 Å². The van der Waals surface area contributed by atoms with Crippen LogP contribution in [0.3, 0.4) is 0 Å². The van der Waals surface area contributed by atoms with Gasteiger partial charge in [-0.3, -0.25) is 0 Å². The minimum absolute atomic E-state index is 0.0457. The molecule has 0 unspecified atom stereocenters. The van der Waals surface area contributed by atoms with Crippen LogP contribution in [0.2, 0.25) is 0 Å². The maximum atomic E-state index is 6.09. The third-order valence-electron chi connectivity index (χ3n) is 3.42. The molecular formula is C13H20O. The average molecular weight is 192 g/mol. The van der Waals surface area contributed by atoms with Crippen molar-refractivity contribution in [2.24, 2.45) is 5.41 Å². The Kier molecular flexibility index (Phi) is 2.11. The number of rotatable bonds is 0. The lowest BCUT2D eigenvalue weighted by atomic mass is 9.68. The molecule has 1 aliphatic heterocycles. The van der Waals surface area contributed by atoms with Crippen LogP contribution in [0.15, 0.2) is 23.8 Å². The first-order valence-electron chi connectivity index (χ1n) is 5.51. The maximum absolute atomic E-state index is 6.09. The van der Waals surface area contributed by atoms with Crippen molar-refractivity contribution in [1.29, 1.82) is 0 Å². The Morgan fingerprint density at radius 2 is 2.07 bits per heavy atom. The average Bonchev–Trinajstić information content (AvgIpc) is 2.00. The zero-order valence-corrected chi connectivity index (χ0v) is 9.63. The van der Waals surface area contributed by atoms with Crippen molar-refractivity contribution in [3.8, 4) is 0 Å². The molecule has 0 saturated heterocycles. The summed E-state index contributed by atoms with van der Waals surface area (Å²) in [5.74, 6) is 0. The Labute approximate surface area is 86.8 Å². The summed E-state index contributed by atoms with van der Waals surface area (Å²) in [5, 5.41) is 0. The Hall–Kier alpha value is -0.560. The minimum Gasteiger partial charge on any atom is -0.367 e. The van der Waals surface area contributed by atoms with E-state index in [0.29, 0.717) is 6.10 Å². The van der Waals surface area contributed by atoms with E-state index in [2.05, 4.69) is 45.9 Å². The zero-order chi connectivity index (χ0) is 10.4. The highest BCUT2D eigenvalue weighted by Crippen LogP contribution is 2.46. The van der Waals surface area contributed by atoms with E-state index in [1.54, 1.807) is 0 Å². The van der Waals surface area contributed by atoms with E-state index in [1.165, 1.54) is 5.57 Å². The van der Waals surface area contributed by atoms with Crippen LogP contribution < -0.4 is 0 Å². The summed E-state index contributed by atoms with van der Waals surface area (Å²) < 4.78 is 6.09. The van der Waals surface area contributed by atoms with Crippen molar-refractivity contribution < 1.29 is 4.74 Å². The van der Waals surface area contributed by atoms with E-state index in [9.17, 15) is 0 Å². The Bertz CT molecular complexity index is 298. The van der Waals surface area contributed by atoms with Crippen LogP contribution >= 0.6 is 0 Å². The molecular weight excluding hydrogens is 172 g/mol. The van der Waals surface area contributed by atoms with Crippen molar-refractivity contribution in [1.82, 2.24) is 0 Å². The minimum atomic E-state index is -0.0457. The fraction of sp³-hybridized carbons (Fsp3) is 0.692. The molecule has 0 N–H and O–H groups in total. The SMILES string of the molecule is C[C@@H]1CC=C2C(C)(C)C=CC[C@@]2(C)O1. The lowest BCUT2D eigenvalue weighted by Crippen LogP contribution is -2.44. The van der Waals surface area contributed by atoms with Crippen LogP contribution in [-0.2, 0) is 4.74 Å². The highest BCUT2D eigenvalue weighted by molar-refractivity contribution is 5.34. The van der Waals surface area contributed by atoms with Gasteiger partial charge in [0.15, 0.2) is 0 Å². The van der Waals surface area contributed by atoms with Crippen LogP contribution in [0.25, 0.3) is 0 Å². The number of allylic oxidation sites excluding steroid dienone is 1. The van der Waals surface area contributed by atoms with Gasteiger partial charge in [-0.2, -0.15) is 0 Å². The second kappa shape index (κ2) is 2.96. The van der Waals surface area contributed by atoms with Gasteiger partial charge in [0.2, 0.25) is 0 Å².